The Labute approximate surface area is 350 Å². The lowest BCUT2D eigenvalue weighted by Gasteiger charge is -2.27. The predicted octanol–water partition coefficient (Wildman–Crippen LogP) is 14.0. The highest BCUT2D eigenvalue weighted by atomic mass is 16.3. The van der Waals surface area contributed by atoms with Gasteiger partial charge in [0.25, 0.3) is 0 Å². The van der Waals surface area contributed by atoms with E-state index < -0.39 is 36.9 Å². The molecule has 6 nitrogen and oxygen atoms in total. The van der Waals surface area contributed by atoms with E-state index in [4.69, 9.17) is 0 Å². The molecule has 0 heterocycles. The number of rotatable bonds is 47. The third-order valence-corrected chi connectivity index (χ3v) is 12.3. The van der Waals surface area contributed by atoms with Gasteiger partial charge in [0.1, 0.15) is 12.2 Å². The van der Waals surface area contributed by atoms with Gasteiger partial charge in [-0.3, -0.25) is 4.79 Å². The number of carbonyl (C=O) groups is 1. The second-order valence-corrected chi connectivity index (χ2v) is 17.9. The Hall–Kier alpha value is -0.690. The zero-order valence-electron chi connectivity index (χ0n) is 37.9. The first-order valence-corrected chi connectivity index (χ1v) is 25.4. The number of hydrogen-bond donors (Lipinski definition) is 5. The van der Waals surface area contributed by atoms with Gasteiger partial charge in [-0.05, 0) is 12.8 Å². The van der Waals surface area contributed by atoms with E-state index in [-0.39, 0.29) is 0 Å². The fourth-order valence-corrected chi connectivity index (χ4v) is 8.29. The van der Waals surface area contributed by atoms with Crippen LogP contribution >= 0.6 is 0 Å². The predicted molar refractivity (Wildman–Crippen MR) is 242 cm³/mol. The first-order valence-electron chi connectivity index (χ1n) is 25.4. The molecule has 0 aliphatic rings. The van der Waals surface area contributed by atoms with Gasteiger partial charge in [0.2, 0.25) is 5.91 Å². The van der Waals surface area contributed by atoms with E-state index >= 15 is 0 Å². The molecule has 0 aliphatic heterocycles. The van der Waals surface area contributed by atoms with Gasteiger partial charge in [0.05, 0.1) is 18.8 Å². The van der Waals surface area contributed by atoms with Crippen LogP contribution in [0.15, 0.2) is 0 Å². The maximum atomic E-state index is 12.5. The van der Waals surface area contributed by atoms with Gasteiger partial charge in [-0.25, -0.2) is 0 Å². The summed E-state index contributed by atoms with van der Waals surface area (Å²) in [6, 6.07) is -0.978. The lowest BCUT2D eigenvalue weighted by molar-refractivity contribution is -0.132. The zero-order chi connectivity index (χ0) is 41.0. The van der Waals surface area contributed by atoms with E-state index in [9.17, 15) is 25.2 Å². The van der Waals surface area contributed by atoms with Crippen LogP contribution in [0, 0.1) is 0 Å². The van der Waals surface area contributed by atoms with Crippen molar-refractivity contribution >= 4 is 5.91 Å². The fraction of sp³-hybridized carbons (Fsp3) is 0.980. The van der Waals surface area contributed by atoms with Crippen LogP contribution < -0.4 is 5.32 Å². The van der Waals surface area contributed by atoms with E-state index in [2.05, 4.69) is 19.2 Å². The van der Waals surface area contributed by atoms with Crippen LogP contribution in [0.5, 0.6) is 0 Å². The normalized spacial score (nSPS) is 13.9. The van der Waals surface area contributed by atoms with Gasteiger partial charge in [-0.1, -0.05) is 271 Å². The lowest BCUT2D eigenvalue weighted by atomic mass is 9.99. The summed E-state index contributed by atoms with van der Waals surface area (Å²) in [4.78, 5) is 12.5. The maximum absolute atomic E-state index is 12.5. The average molecular weight is 796 g/mol. The topological polar surface area (TPSA) is 110 Å². The smallest absolute Gasteiger partial charge is 0.249 e. The van der Waals surface area contributed by atoms with Crippen molar-refractivity contribution in [3.63, 3.8) is 0 Å². The molecule has 336 valence electrons. The maximum Gasteiger partial charge on any atom is 0.249 e. The number of amides is 1. The Morgan fingerprint density at radius 3 is 0.857 bits per heavy atom. The number of aliphatic hydroxyl groups is 4. The van der Waals surface area contributed by atoms with Crippen LogP contribution in [0.1, 0.15) is 284 Å². The Bertz CT molecular complexity index is 766. The van der Waals surface area contributed by atoms with Crippen molar-refractivity contribution < 1.29 is 25.2 Å². The third kappa shape index (κ3) is 38.8. The first-order chi connectivity index (χ1) is 27.5. The molecule has 0 aromatic carbocycles. The van der Waals surface area contributed by atoms with Crippen LogP contribution in [0.25, 0.3) is 0 Å². The highest BCUT2D eigenvalue weighted by Gasteiger charge is 2.28. The van der Waals surface area contributed by atoms with Gasteiger partial charge < -0.3 is 25.7 Å². The summed E-state index contributed by atoms with van der Waals surface area (Å²) in [7, 11) is 0. The van der Waals surface area contributed by atoms with Crippen LogP contribution in [0.4, 0.5) is 0 Å². The van der Waals surface area contributed by atoms with Gasteiger partial charge in [-0.15, -0.1) is 0 Å². The van der Waals surface area contributed by atoms with Crippen molar-refractivity contribution in [2.24, 2.45) is 0 Å². The second kappa shape index (κ2) is 45.4. The molecule has 56 heavy (non-hydrogen) atoms. The van der Waals surface area contributed by atoms with Gasteiger partial charge >= 0.3 is 0 Å². The average Bonchev–Trinajstić information content (AvgIpc) is 3.20. The fourth-order valence-electron chi connectivity index (χ4n) is 8.29. The molecule has 0 bridgehead atoms. The van der Waals surface area contributed by atoms with Crippen molar-refractivity contribution in [3.05, 3.63) is 0 Å². The summed E-state index contributed by atoms with van der Waals surface area (Å²) in [6.45, 7) is 4.06. The van der Waals surface area contributed by atoms with Gasteiger partial charge in [0, 0.05) is 0 Å². The van der Waals surface area contributed by atoms with E-state index in [1.54, 1.807) is 0 Å². The Morgan fingerprint density at radius 2 is 0.607 bits per heavy atom. The van der Waals surface area contributed by atoms with Crippen molar-refractivity contribution in [2.75, 3.05) is 6.61 Å². The molecule has 6 heteroatoms. The molecule has 0 fully saturated rings. The van der Waals surface area contributed by atoms with Crippen LogP contribution in [-0.4, -0.2) is 57.3 Å². The van der Waals surface area contributed by atoms with Gasteiger partial charge in [0.15, 0.2) is 0 Å². The number of aliphatic hydroxyl groups excluding tert-OH is 4. The number of nitrogens with one attached hydrogen (secondary N) is 1. The summed E-state index contributed by atoms with van der Waals surface area (Å²) >= 11 is 0. The summed E-state index contributed by atoms with van der Waals surface area (Å²) in [5, 5.41) is 43.7. The summed E-state index contributed by atoms with van der Waals surface area (Å²) in [5.41, 5.74) is 0. The van der Waals surface area contributed by atoms with Crippen LogP contribution in [0.3, 0.4) is 0 Å². The Kier molecular flexibility index (Phi) is 44.8. The number of carbonyl (C=O) groups excluding carboxylic acids is 1. The largest absolute Gasteiger partial charge is 0.394 e. The molecule has 0 saturated heterocycles. The van der Waals surface area contributed by atoms with Crippen molar-refractivity contribution in [1.82, 2.24) is 5.32 Å². The Morgan fingerprint density at radius 1 is 0.375 bits per heavy atom. The van der Waals surface area contributed by atoms with Crippen LogP contribution in [0.2, 0.25) is 0 Å². The lowest BCUT2D eigenvalue weighted by Crippen LogP contribution is -2.53. The van der Waals surface area contributed by atoms with Crippen molar-refractivity contribution in [3.8, 4) is 0 Å². The molecule has 1 amide bonds. The second-order valence-electron chi connectivity index (χ2n) is 17.9. The Balaban J connectivity index is 3.53. The summed E-state index contributed by atoms with van der Waals surface area (Å²) < 4.78 is 0. The number of hydrogen-bond acceptors (Lipinski definition) is 5. The monoisotopic (exact) mass is 796 g/mol. The molecule has 0 aromatic heterocycles. The third-order valence-electron chi connectivity index (χ3n) is 12.3. The minimum absolute atomic E-state index is 0.376. The van der Waals surface area contributed by atoms with E-state index in [1.807, 2.05) is 0 Å². The minimum atomic E-state index is -1.25. The van der Waals surface area contributed by atoms with E-state index in [0.717, 1.165) is 38.5 Å². The standard InChI is InChI=1S/C50H101NO5/c1-3-5-7-9-11-13-15-16-17-18-19-20-21-22-23-24-25-26-27-28-29-30-31-32-34-36-38-40-42-44-48(54)50(56)51-46(45-52)49(55)47(53)43-41-39-37-35-33-14-12-10-8-6-4-2/h46-49,52-55H,3-45H2,1-2H3,(H,51,56). The van der Waals surface area contributed by atoms with Crippen molar-refractivity contribution in [2.45, 2.75) is 308 Å². The number of unbranched alkanes of at least 4 members (excludes halogenated alkanes) is 38. The molecule has 0 aromatic rings. The molecule has 0 saturated carbocycles. The summed E-state index contributed by atoms with van der Waals surface area (Å²) in [5.74, 6) is -0.579. The van der Waals surface area contributed by atoms with E-state index in [1.165, 1.54) is 218 Å². The van der Waals surface area contributed by atoms with Crippen LogP contribution in [-0.2, 0) is 4.79 Å². The molecule has 0 spiro atoms. The SMILES string of the molecule is CCCCCCCCCCCCCCCCCCCCCCCCCCCCCCCC(O)C(=O)NC(CO)C(O)C(O)CCCCCCCCCCCCC. The zero-order valence-corrected chi connectivity index (χ0v) is 37.9. The molecular formula is C50H101NO5. The van der Waals surface area contributed by atoms with Crippen molar-refractivity contribution in [1.29, 1.82) is 0 Å². The molecule has 5 N–H and O–H groups in total. The molecule has 4 unspecified atom stereocenters. The molecule has 0 aliphatic carbocycles. The molecule has 0 radical (unpaired) electrons. The molecule has 4 atom stereocenters. The molecular weight excluding hydrogens is 695 g/mol. The van der Waals surface area contributed by atoms with Gasteiger partial charge in [-0.2, -0.15) is 0 Å². The first kappa shape index (κ1) is 55.3. The molecule has 0 rings (SSSR count). The quantitative estimate of drug-likeness (QED) is 0.0394. The minimum Gasteiger partial charge on any atom is -0.394 e. The highest BCUT2D eigenvalue weighted by molar-refractivity contribution is 5.80. The highest BCUT2D eigenvalue weighted by Crippen LogP contribution is 2.18. The van der Waals surface area contributed by atoms with E-state index in [0.29, 0.717) is 12.8 Å². The summed E-state index contributed by atoms with van der Waals surface area (Å²) in [6.07, 6.45) is 50.3.